The number of benzene rings is 1. The number of sulfonamides is 1. The van der Waals surface area contributed by atoms with E-state index in [0.29, 0.717) is 11.1 Å². The predicted molar refractivity (Wildman–Crippen MR) is 78.1 cm³/mol. The molecule has 0 saturated carbocycles. The Morgan fingerprint density at radius 2 is 2.00 bits per heavy atom. The number of ether oxygens (including phenoxy) is 1. The van der Waals surface area contributed by atoms with Crippen LogP contribution in [-0.2, 0) is 14.8 Å². The Morgan fingerprint density at radius 3 is 2.56 bits per heavy atom. The van der Waals surface area contributed by atoms with Gasteiger partial charge in [0.05, 0.1) is 17.6 Å². The molecule has 1 aromatic carbocycles. The van der Waals surface area contributed by atoms with Gasteiger partial charge in [-0.15, -0.1) is 0 Å². The van der Waals surface area contributed by atoms with E-state index in [1.807, 2.05) is 13.8 Å². The van der Waals surface area contributed by atoms with Crippen LogP contribution in [-0.4, -0.2) is 27.7 Å². The summed E-state index contributed by atoms with van der Waals surface area (Å²) in [6, 6.07) is 4.92. The van der Waals surface area contributed by atoms with Gasteiger partial charge in [-0.1, -0.05) is 15.9 Å². The molecule has 102 valence electrons. The molecular formula is C11H15Br2NO3S. The second-order valence-electron chi connectivity index (χ2n) is 3.89. The lowest BCUT2D eigenvalue weighted by atomic mass is 10.4. The highest BCUT2D eigenvalue weighted by atomic mass is 79.9. The molecular weight excluding hydrogens is 386 g/mol. The van der Waals surface area contributed by atoms with Crippen LogP contribution in [0.15, 0.2) is 32.0 Å². The Labute approximate surface area is 124 Å². The van der Waals surface area contributed by atoms with E-state index < -0.39 is 10.0 Å². The van der Waals surface area contributed by atoms with Crippen molar-refractivity contribution in [1.29, 1.82) is 0 Å². The average molecular weight is 401 g/mol. The molecule has 4 nitrogen and oxygen atoms in total. The highest BCUT2D eigenvalue weighted by Crippen LogP contribution is 2.25. The molecule has 18 heavy (non-hydrogen) atoms. The van der Waals surface area contributed by atoms with E-state index in [9.17, 15) is 8.42 Å². The van der Waals surface area contributed by atoms with Crippen LogP contribution in [0.4, 0.5) is 0 Å². The standard InChI is InChI=1S/C11H15Br2NO3S/c1-8(2)17-6-5-14-18(15,16)11-4-3-9(12)7-10(11)13/h3-4,7-8,14H,5-6H2,1-2H3. The summed E-state index contributed by atoms with van der Waals surface area (Å²) >= 11 is 6.51. The third kappa shape index (κ3) is 4.97. The molecule has 0 aliphatic heterocycles. The second kappa shape index (κ2) is 7.00. The van der Waals surface area contributed by atoms with Crippen LogP contribution < -0.4 is 4.72 Å². The topological polar surface area (TPSA) is 55.4 Å². The zero-order chi connectivity index (χ0) is 13.8. The molecule has 0 aliphatic carbocycles. The maximum atomic E-state index is 12.0. The van der Waals surface area contributed by atoms with E-state index in [-0.39, 0.29) is 17.5 Å². The fourth-order valence-electron chi connectivity index (χ4n) is 1.24. The molecule has 0 spiro atoms. The molecule has 1 rings (SSSR count). The zero-order valence-corrected chi connectivity index (χ0v) is 14.1. The second-order valence-corrected chi connectivity index (χ2v) is 7.40. The summed E-state index contributed by atoms with van der Waals surface area (Å²) in [4.78, 5) is 0.218. The quantitative estimate of drug-likeness (QED) is 0.747. The number of nitrogens with one attached hydrogen (secondary N) is 1. The van der Waals surface area contributed by atoms with Crippen molar-refractivity contribution >= 4 is 41.9 Å². The van der Waals surface area contributed by atoms with Crippen molar-refractivity contribution in [1.82, 2.24) is 4.72 Å². The van der Waals surface area contributed by atoms with Crippen LogP contribution in [0.3, 0.4) is 0 Å². The van der Waals surface area contributed by atoms with Gasteiger partial charge in [0.1, 0.15) is 0 Å². The Morgan fingerprint density at radius 1 is 1.33 bits per heavy atom. The minimum Gasteiger partial charge on any atom is -0.377 e. The molecule has 0 aliphatic rings. The van der Waals surface area contributed by atoms with Gasteiger partial charge >= 0.3 is 0 Å². The molecule has 1 aromatic rings. The van der Waals surface area contributed by atoms with Crippen molar-refractivity contribution < 1.29 is 13.2 Å². The molecule has 0 saturated heterocycles. The number of hydrogen-bond acceptors (Lipinski definition) is 3. The first kappa shape index (κ1) is 16.1. The Bertz CT molecular complexity index is 503. The molecule has 0 unspecified atom stereocenters. The Balaban J connectivity index is 2.69. The normalized spacial score (nSPS) is 12.1. The maximum Gasteiger partial charge on any atom is 0.241 e. The van der Waals surface area contributed by atoms with E-state index in [1.165, 1.54) is 0 Å². The number of halogens is 2. The summed E-state index contributed by atoms with van der Waals surface area (Å²) in [5.41, 5.74) is 0. The first-order valence-corrected chi connectivity index (χ1v) is 8.46. The highest BCUT2D eigenvalue weighted by molar-refractivity contribution is 9.11. The molecule has 7 heteroatoms. The van der Waals surface area contributed by atoms with Gasteiger partial charge < -0.3 is 4.74 Å². The van der Waals surface area contributed by atoms with Crippen molar-refractivity contribution in [2.45, 2.75) is 24.8 Å². The third-order valence-electron chi connectivity index (χ3n) is 2.03. The van der Waals surface area contributed by atoms with Crippen LogP contribution >= 0.6 is 31.9 Å². The van der Waals surface area contributed by atoms with Crippen molar-refractivity contribution in [3.05, 3.63) is 27.1 Å². The molecule has 0 amide bonds. The van der Waals surface area contributed by atoms with Crippen LogP contribution in [0.1, 0.15) is 13.8 Å². The maximum absolute atomic E-state index is 12.0. The van der Waals surface area contributed by atoms with Crippen molar-refractivity contribution in [3.63, 3.8) is 0 Å². The summed E-state index contributed by atoms with van der Waals surface area (Å²) in [5, 5.41) is 0. The lowest BCUT2D eigenvalue weighted by Gasteiger charge is -2.10. The number of rotatable bonds is 6. The van der Waals surface area contributed by atoms with Gasteiger partial charge in [-0.05, 0) is 48.0 Å². The van der Waals surface area contributed by atoms with E-state index in [1.54, 1.807) is 18.2 Å². The fourth-order valence-corrected chi connectivity index (χ4v) is 4.00. The molecule has 0 aromatic heterocycles. The summed E-state index contributed by atoms with van der Waals surface area (Å²) in [5.74, 6) is 0. The summed E-state index contributed by atoms with van der Waals surface area (Å²) in [6.07, 6.45) is 0.0916. The minimum absolute atomic E-state index is 0.0916. The van der Waals surface area contributed by atoms with E-state index in [0.717, 1.165) is 4.47 Å². The first-order valence-electron chi connectivity index (χ1n) is 5.39. The predicted octanol–water partition coefficient (Wildman–Crippen LogP) is 2.91. The van der Waals surface area contributed by atoms with Crippen molar-refractivity contribution in [2.75, 3.05) is 13.2 Å². The molecule has 0 radical (unpaired) electrons. The largest absolute Gasteiger partial charge is 0.377 e. The zero-order valence-electron chi connectivity index (χ0n) is 10.1. The van der Waals surface area contributed by atoms with Crippen molar-refractivity contribution in [2.24, 2.45) is 0 Å². The molecule has 1 N–H and O–H groups in total. The van der Waals surface area contributed by atoms with Gasteiger partial charge in [-0.3, -0.25) is 0 Å². The monoisotopic (exact) mass is 399 g/mol. The van der Waals surface area contributed by atoms with Gasteiger partial charge in [-0.25, -0.2) is 13.1 Å². The third-order valence-corrected chi connectivity index (χ3v) is 4.96. The number of hydrogen-bond donors (Lipinski definition) is 1. The smallest absolute Gasteiger partial charge is 0.241 e. The van der Waals surface area contributed by atoms with Crippen LogP contribution in [0.25, 0.3) is 0 Å². The van der Waals surface area contributed by atoms with Crippen LogP contribution in [0, 0.1) is 0 Å². The van der Waals surface area contributed by atoms with Gasteiger partial charge in [0.2, 0.25) is 10.0 Å². The SMILES string of the molecule is CC(C)OCCNS(=O)(=O)c1ccc(Br)cc1Br. The minimum atomic E-state index is -3.50. The van der Waals surface area contributed by atoms with Crippen molar-refractivity contribution in [3.8, 4) is 0 Å². The molecule has 0 fully saturated rings. The molecule has 0 bridgehead atoms. The lowest BCUT2D eigenvalue weighted by molar-refractivity contribution is 0.0834. The van der Waals surface area contributed by atoms with Crippen LogP contribution in [0.2, 0.25) is 0 Å². The lowest BCUT2D eigenvalue weighted by Crippen LogP contribution is -2.28. The van der Waals surface area contributed by atoms with E-state index in [2.05, 4.69) is 36.6 Å². The van der Waals surface area contributed by atoms with Gasteiger partial charge in [0, 0.05) is 15.5 Å². The van der Waals surface area contributed by atoms with Gasteiger partial charge in [0.25, 0.3) is 0 Å². The average Bonchev–Trinajstić information content (AvgIpc) is 2.23. The molecule has 0 atom stereocenters. The summed E-state index contributed by atoms with van der Waals surface area (Å²) < 4.78 is 33.1. The van der Waals surface area contributed by atoms with E-state index >= 15 is 0 Å². The van der Waals surface area contributed by atoms with Gasteiger partial charge in [-0.2, -0.15) is 0 Å². The van der Waals surface area contributed by atoms with Crippen LogP contribution in [0.5, 0.6) is 0 Å². The summed E-state index contributed by atoms with van der Waals surface area (Å²) in [7, 11) is -3.50. The Hall–Kier alpha value is 0.0500. The first-order chi connectivity index (χ1) is 8.33. The van der Waals surface area contributed by atoms with Gasteiger partial charge in [0.15, 0.2) is 0 Å². The molecule has 0 heterocycles. The Kier molecular flexibility index (Phi) is 6.26. The fraction of sp³-hybridized carbons (Fsp3) is 0.455. The van der Waals surface area contributed by atoms with E-state index in [4.69, 9.17) is 4.74 Å². The summed E-state index contributed by atoms with van der Waals surface area (Å²) in [6.45, 7) is 4.41. The highest BCUT2D eigenvalue weighted by Gasteiger charge is 2.17.